The number of nitro benzene ring substituents is 1. The molecule has 1 heterocycles. The molecule has 1 atom stereocenters. The summed E-state index contributed by atoms with van der Waals surface area (Å²) in [5.41, 5.74) is 2.24. The standard InChI is InChI=1S/C22H24N4O5/c1-13-12-15(9-10-18(13)26(30)31)22(29)25-11-5-8-19(25)21(28)24-17-7-4-6-16(14(17)2)20(27)23-3/h4,6-7,9-10,12,19H,5,8,11H2,1-3H3,(H,23,27)(H,24,28). The van der Waals surface area contributed by atoms with Gasteiger partial charge in [-0.25, -0.2) is 0 Å². The van der Waals surface area contributed by atoms with E-state index in [-0.39, 0.29) is 23.4 Å². The van der Waals surface area contributed by atoms with Crippen molar-refractivity contribution in [3.63, 3.8) is 0 Å². The minimum Gasteiger partial charge on any atom is -0.355 e. The first-order valence-corrected chi connectivity index (χ1v) is 9.93. The molecule has 1 unspecified atom stereocenters. The van der Waals surface area contributed by atoms with Gasteiger partial charge in [-0.3, -0.25) is 24.5 Å². The summed E-state index contributed by atoms with van der Waals surface area (Å²) in [4.78, 5) is 50.0. The second-order valence-corrected chi connectivity index (χ2v) is 7.46. The summed E-state index contributed by atoms with van der Waals surface area (Å²) < 4.78 is 0. The van der Waals surface area contributed by atoms with Crippen molar-refractivity contribution in [2.75, 3.05) is 18.9 Å². The van der Waals surface area contributed by atoms with Gasteiger partial charge in [0, 0.05) is 42.0 Å². The van der Waals surface area contributed by atoms with E-state index in [9.17, 15) is 24.5 Å². The highest BCUT2D eigenvalue weighted by Crippen LogP contribution is 2.26. The van der Waals surface area contributed by atoms with E-state index in [1.54, 1.807) is 32.0 Å². The Labute approximate surface area is 179 Å². The van der Waals surface area contributed by atoms with Crippen LogP contribution in [-0.4, -0.2) is 47.2 Å². The Morgan fingerprint density at radius 2 is 1.90 bits per heavy atom. The molecular weight excluding hydrogens is 400 g/mol. The van der Waals surface area contributed by atoms with Gasteiger partial charge in [0.25, 0.3) is 17.5 Å². The van der Waals surface area contributed by atoms with Crippen LogP contribution in [0.2, 0.25) is 0 Å². The summed E-state index contributed by atoms with van der Waals surface area (Å²) in [5, 5.41) is 16.4. The molecule has 2 aromatic carbocycles. The summed E-state index contributed by atoms with van der Waals surface area (Å²) >= 11 is 0. The first-order chi connectivity index (χ1) is 14.7. The zero-order chi connectivity index (χ0) is 22.7. The van der Waals surface area contributed by atoms with Crippen molar-refractivity contribution in [3.8, 4) is 0 Å². The van der Waals surface area contributed by atoms with E-state index >= 15 is 0 Å². The third kappa shape index (κ3) is 4.40. The van der Waals surface area contributed by atoms with E-state index in [0.717, 1.165) is 0 Å². The van der Waals surface area contributed by atoms with Crippen molar-refractivity contribution >= 4 is 29.1 Å². The van der Waals surface area contributed by atoms with Crippen LogP contribution in [0.4, 0.5) is 11.4 Å². The molecule has 9 heteroatoms. The number of nitro groups is 1. The van der Waals surface area contributed by atoms with Gasteiger partial charge >= 0.3 is 0 Å². The van der Waals surface area contributed by atoms with E-state index in [4.69, 9.17) is 0 Å². The number of carbonyl (C=O) groups is 3. The molecule has 3 amide bonds. The summed E-state index contributed by atoms with van der Waals surface area (Å²) in [7, 11) is 1.54. The second kappa shape index (κ2) is 8.95. The third-order valence-electron chi connectivity index (χ3n) is 5.52. The van der Waals surface area contributed by atoms with Gasteiger partial charge in [0.05, 0.1) is 4.92 Å². The van der Waals surface area contributed by atoms with Gasteiger partial charge in [-0.1, -0.05) is 6.07 Å². The van der Waals surface area contributed by atoms with Crippen LogP contribution < -0.4 is 10.6 Å². The van der Waals surface area contributed by atoms with Crippen molar-refractivity contribution in [2.45, 2.75) is 32.7 Å². The van der Waals surface area contributed by atoms with Gasteiger partial charge in [0.1, 0.15) is 6.04 Å². The molecule has 0 spiro atoms. The Hall–Kier alpha value is -3.75. The SMILES string of the molecule is CNC(=O)c1cccc(NC(=O)C2CCCN2C(=O)c2ccc([N+](=O)[O-])c(C)c2)c1C. The zero-order valence-corrected chi connectivity index (χ0v) is 17.6. The molecule has 1 fully saturated rings. The normalized spacial score (nSPS) is 15.5. The van der Waals surface area contributed by atoms with Gasteiger partial charge in [0.2, 0.25) is 5.91 Å². The van der Waals surface area contributed by atoms with E-state index in [2.05, 4.69) is 10.6 Å². The van der Waals surface area contributed by atoms with Gasteiger partial charge in [-0.05, 0) is 56.5 Å². The molecule has 1 aliphatic rings. The lowest BCUT2D eigenvalue weighted by atomic mass is 10.1. The van der Waals surface area contributed by atoms with Crippen LogP contribution in [0.3, 0.4) is 0 Å². The fourth-order valence-corrected chi connectivity index (χ4v) is 3.81. The molecule has 1 saturated heterocycles. The van der Waals surface area contributed by atoms with Crippen molar-refractivity contribution in [2.24, 2.45) is 0 Å². The van der Waals surface area contributed by atoms with Gasteiger partial charge < -0.3 is 15.5 Å². The lowest BCUT2D eigenvalue weighted by molar-refractivity contribution is -0.385. The van der Waals surface area contributed by atoms with Gasteiger partial charge in [0.15, 0.2) is 0 Å². The summed E-state index contributed by atoms with van der Waals surface area (Å²) in [6.45, 7) is 3.74. The topological polar surface area (TPSA) is 122 Å². The average Bonchev–Trinajstić information content (AvgIpc) is 3.23. The van der Waals surface area contributed by atoms with Crippen LogP contribution in [0.5, 0.6) is 0 Å². The lowest BCUT2D eigenvalue weighted by Crippen LogP contribution is -2.43. The largest absolute Gasteiger partial charge is 0.355 e. The maximum Gasteiger partial charge on any atom is 0.272 e. The lowest BCUT2D eigenvalue weighted by Gasteiger charge is -2.24. The number of aryl methyl sites for hydroxylation is 1. The van der Waals surface area contributed by atoms with Gasteiger partial charge in [-0.15, -0.1) is 0 Å². The molecule has 162 valence electrons. The summed E-state index contributed by atoms with van der Waals surface area (Å²) in [5.74, 6) is -0.923. The van der Waals surface area contributed by atoms with Crippen LogP contribution in [0, 0.1) is 24.0 Å². The first kappa shape index (κ1) is 21.9. The number of anilines is 1. The molecule has 31 heavy (non-hydrogen) atoms. The number of rotatable bonds is 5. The van der Waals surface area contributed by atoms with Crippen molar-refractivity contribution in [3.05, 3.63) is 68.8 Å². The summed E-state index contributed by atoms with van der Waals surface area (Å²) in [6, 6.07) is 8.60. The van der Waals surface area contributed by atoms with Crippen LogP contribution >= 0.6 is 0 Å². The number of carbonyl (C=O) groups excluding carboxylic acids is 3. The monoisotopic (exact) mass is 424 g/mol. The van der Waals surface area contributed by atoms with Crippen molar-refractivity contribution in [1.29, 1.82) is 0 Å². The molecule has 2 N–H and O–H groups in total. The Kier molecular flexibility index (Phi) is 6.33. The molecule has 0 saturated carbocycles. The number of hydrogen-bond acceptors (Lipinski definition) is 5. The molecule has 2 aromatic rings. The molecule has 9 nitrogen and oxygen atoms in total. The van der Waals surface area contributed by atoms with Crippen LogP contribution in [0.15, 0.2) is 36.4 Å². The van der Waals surface area contributed by atoms with E-state index < -0.39 is 11.0 Å². The van der Waals surface area contributed by atoms with E-state index in [1.165, 1.54) is 30.1 Å². The molecule has 0 bridgehead atoms. The summed E-state index contributed by atoms with van der Waals surface area (Å²) in [6.07, 6.45) is 1.19. The molecule has 0 aromatic heterocycles. The van der Waals surface area contributed by atoms with Crippen LogP contribution in [0.25, 0.3) is 0 Å². The highest BCUT2D eigenvalue weighted by atomic mass is 16.6. The molecule has 1 aliphatic heterocycles. The van der Waals surface area contributed by atoms with Crippen LogP contribution in [-0.2, 0) is 4.79 Å². The van der Waals surface area contributed by atoms with Gasteiger partial charge in [-0.2, -0.15) is 0 Å². The van der Waals surface area contributed by atoms with Crippen LogP contribution in [0.1, 0.15) is 44.7 Å². The zero-order valence-electron chi connectivity index (χ0n) is 17.6. The fraction of sp³-hybridized carbons (Fsp3) is 0.318. The fourth-order valence-electron chi connectivity index (χ4n) is 3.81. The Bertz CT molecular complexity index is 1070. The quantitative estimate of drug-likeness (QED) is 0.565. The highest BCUT2D eigenvalue weighted by molar-refractivity contribution is 6.03. The molecular formula is C22H24N4O5. The number of amides is 3. The minimum atomic E-state index is -0.661. The van der Waals surface area contributed by atoms with E-state index in [1.807, 2.05) is 0 Å². The number of likely N-dealkylation sites (tertiary alicyclic amines) is 1. The molecule has 0 radical (unpaired) electrons. The first-order valence-electron chi connectivity index (χ1n) is 9.93. The number of hydrogen-bond donors (Lipinski definition) is 2. The number of benzene rings is 2. The predicted octanol–water partition coefficient (Wildman–Crippen LogP) is 2.81. The number of nitrogens with one attached hydrogen (secondary N) is 2. The van der Waals surface area contributed by atoms with E-state index in [0.29, 0.717) is 47.3 Å². The smallest absolute Gasteiger partial charge is 0.272 e. The Balaban J connectivity index is 1.80. The maximum atomic E-state index is 13.0. The molecule has 0 aliphatic carbocycles. The minimum absolute atomic E-state index is 0.0567. The average molecular weight is 424 g/mol. The predicted molar refractivity (Wildman–Crippen MR) is 115 cm³/mol. The molecule has 3 rings (SSSR count). The van der Waals surface area contributed by atoms with Crippen molar-refractivity contribution < 1.29 is 19.3 Å². The Morgan fingerprint density at radius 1 is 1.16 bits per heavy atom. The van der Waals surface area contributed by atoms with Crippen molar-refractivity contribution in [1.82, 2.24) is 10.2 Å². The number of nitrogens with zero attached hydrogens (tertiary/aromatic N) is 2. The highest BCUT2D eigenvalue weighted by Gasteiger charge is 2.35. The second-order valence-electron chi connectivity index (χ2n) is 7.46. The third-order valence-corrected chi connectivity index (χ3v) is 5.52. The Morgan fingerprint density at radius 3 is 2.55 bits per heavy atom. The maximum absolute atomic E-state index is 13.0.